The second-order valence-corrected chi connectivity index (χ2v) is 5.09. The van der Waals surface area contributed by atoms with Crippen LogP contribution in [0.1, 0.15) is 36.8 Å². The van der Waals surface area contributed by atoms with E-state index in [1.165, 1.54) is 12.8 Å². The molecule has 0 aromatic heterocycles. The number of nitrogens with two attached hydrogens (primary N) is 1. The Morgan fingerprint density at radius 2 is 1.89 bits per heavy atom. The van der Waals surface area contributed by atoms with Crippen LogP contribution in [0.4, 0.5) is 0 Å². The van der Waals surface area contributed by atoms with Gasteiger partial charge in [0.05, 0.1) is 6.42 Å². The highest BCUT2D eigenvalue weighted by atomic mass is 16.2. The standard InChI is InChI=1S/C15H22N2O/c1-17(14-8-4-5-9-14)15(18)10-12-6-2-3-7-13(12)11-16/h2-3,6-7,14H,4-5,8-11,16H2,1H3. The highest BCUT2D eigenvalue weighted by molar-refractivity contribution is 5.79. The van der Waals surface area contributed by atoms with Crippen molar-refractivity contribution in [3.63, 3.8) is 0 Å². The van der Waals surface area contributed by atoms with Gasteiger partial charge in [0, 0.05) is 19.6 Å². The Kier molecular flexibility index (Phi) is 4.37. The van der Waals surface area contributed by atoms with Crippen LogP contribution in [0.5, 0.6) is 0 Å². The molecule has 0 bridgehead atoms. The van der Waals surface area contributed by atoms with Crippen LogP contribution in [-0.2, 0) is 17.8 Å². The highest BCUT2D eigenvalue weighted by Crippen LogP contribution is 2.23. The predicted octanol–water partition coefficient (Wildman–Crippen LogP) is 2.09. The first-order chi connectivity index (χ1) is 8.72. The molecule has 2 rings (SSSR count). The third kappa shape index (κ3) is 2.91. The Bertz CT molecular complexity index is 411. The van der Waals surface area contributed by atoms with Crippen LogP contribution < -0.4 is 5.73 Å². The van der Waals surface area contributed by atoms with Gasteiger partial charge in [0.25, 0.3) is 0 Å². The Labute approximate surface area is 109 Å². The minimum absolute atomic E-state index is 0.211. The zero-order chi connectivity index (χ0) is 13.0. The molecular weight excluding hydrogens is 224 g/mol. The summed E-state index contributed by atoms with van der Waals surface area (Å²) in [4.78, 5) is 14.2. The van der Waals surface area contributed by atoms with Gasteiger partial charge >= 0.3 is 0 Å². The van der Waals surface area contributed by atoms with Crippen molar-refractivity contribution in [1.29, 1.82) is 0 Å². The monoisotopic (exact) mass is 246 g/mol. The number of nitrogens with zero attached hydrogens (tertiary/aromatic N) is 1. The predicted molar refractivity (Wildman–Crippen MR) is 73.1 cm³/mol. The van der Waals surface area contributed by atoms with Gasteiger partial charge < -0.3 is 10.6 Å². The molecule has 1 aliphatic rings. The van der Waals surface area contributed by atoms with Crippen LogP contribution in [0.15, 0.2) is 24.3 Å². The number of carbonyl (C=O) groups is 1. The molecule has 3 heteroatoms. The van der Waals surface area contributed by atoms with E-state index in [1.54, 1.807) is 0 Å². The second-order valence-electron chi connectivity index (χ2n) is 5.09. The Balaban J connectivity index is 2.01. The van der Waals surface area contributed by atoms with E-state index < -0.39 is 0 Å². The van der Waals surface area contributed by atoms with Gasteiger partial charge in [-0.15, -0.1) is 0 Å². The number of rotatable bonds is 4. The Morgan fingerprint density at radius 1 is 1.28 bits per heavy atom. The molecule has 18 heavy (non-hydrogen) atoms. The van der Waals surface area contributed by atoms with Gasteiger partial charge in [-0.2, -0.15) is 0 Å². The Hall–Kier alpha value is -1.35. The summed E-state index contributed by atoms with van der Waals surface area (Å²) < 4.78 is 0. The lowest BCUT2D eigenvalue weighted by Crippen LogP contribution is -2.36. The van der Waals surface area contributed by atoms with Crippen LogP contribution >= 0.6 is 0 Å². The maximum absolute atomic E-state index is 12.3. The van der Waals surface area contributed by atoms with Crippen LogP contribution in [0.3, 0.4) is 0 Å². The van der Waals surface area contributed by atoms with Crippen LogP contribution in [-0.4, -0.2) is 23.9 Å². The maximum atomic E-state index is 12.3. The summed E-state index contributed by atoms with van der Waals surface area (Å²) in [6, 6.07) is 8.39. The third-order valence-electron chi connectivity index (χ3n) is 3.95. The average Bonchev–Trinajstić information content (AvgIpc) is 2.92. The molecular formula is C15H22N2O. The lowest BCUT2D eigenvalue weighted by Gasteiger charge is -2.24. The van der Waals surface area contributed by atoms with Gasteiger partial charge in [0.1, 0.15) is 0 Å². The minimum Gasteiger partial charge on any atom is -0.342 e. The van der Waals surface area contributed by atoms with E-state index in [1.807, 2.05) is 36.2 Å². The molecule has 3 nitrogen and oxygen atoms in total. The summed E-state index contributed by atoms with van der Waals surface area (Å²) in [7, 11) is 1.93. The summed E-state index contributed by atoms with van der Waals surface area (Å²) in [5, 5.41) is 0. The molecule has 0 aliphatic heterocycles. The molecule has 0 saturated heterocycles. The molecule has 1 aliphatic carbocycles. The molecule has 0 spiro atoms. The molecule has 1 saturated carbocycles. The van der Waals surface area contributed by atoms with E-state index in [4.69, 9.17) is 5.73 Å². The van der Waals surface area contributed by atoms with Gasteiger partial charge in [-0.05, 0) is 24.0 Å². The number of benzene rings is 1. The molecule has 1 aromatic carbocycles. The van der Waals surface area contributed by atoms with Crippen molar-refractivity contribution in [1.82, 2.24) is 4.90 Å². The van der Waals surface area contributed by atoms with Gasteiger partial charge in [-0.25, -0.2) is 0 Å². The van der Waals surface area contributed by atoms with Crippen molar-refractivity contribution in [2.75, 3.05) is 7.05 Å². The summed E-state index contributed by atoms with van der Waals surface area (Å²) in [6.07, 6.45) is 5.28. The molecule has 1 fully saturated rings. The lowest BCUT2D eigenvalue weighted by molar-refractivity contribution is -0.131. The molecule has 2 N–H and O–H groups in total. The first kappa shape index (κ1) is 13.1. The van der Waals surface area contributed by atoms with E-state index in [-0.39, 0.29) is 5.91 Å². The fourth-order valence-electron chi connectivity index (χ4n) is 2.71. The summed E-state index contributed by atoms with van der Waals surface area (Å²) in [5.74, 6) is 0.211. The quantitative estimate of drug-likeness (QED) is 0.884. The maximum Gasteiger partial charge on any atom is 0.226 e. The minimum atomic E-state index is 0.211. The SMILES string of the molecule is CN(C(=O)Cc1ccccc1CN)C1CCCC1. The zero-order valence-corrected chi connectivity index (χ0v) is 11.1. The van der Waals surface area contributed by atoms with Gasteiger partial charge in [0.15, 0.2) is 0 Å². The number of carbonyl (C=O) groups excluding carboxylic acids is 1. The third-order valence-corrected chi connectivity index (χ3v) is 3.95. The molecule has 0 unspecified atom stereocenters. The number of likely N-dealkylation sites (N-methyl/N-ethyl adjacent to an activating group) is 1. The molecule has 1 aromatic rings. The summed E-state index contributed by atoms with van der Waals surface area (Å²) in [5.41, 5.74) is 7.84. The molecule has 98 valence electrons. The van der Waals surface area contributed by atoms with E-state index >= 15 is 0 Å². The van der Waals surface area contributed by atoms with Crippen molar-refractivity contribution in [2.24, 2.45) is 5.73 Å². The first-order valence-corrected chi connectivity index (χ1v) is 6.75. The molecule has 0 heterocycles. The van der Waals surface area contributed by atoms with Crippen molar-refractivity contribution < 1.29 is 4.79 Å². The van der Waals surface area contributed by atoms with Crippen molar-refractivity contribution in [3.05, 3.63) is 35.4 Å². The normalized spacial score (nSPS) is 15.9. The average molecular weight is 246 g/mol. The molecule has 1 amide bonds. The van der Waals surface area contributed by atoms with Crippen molar-refractivity contribution >= 4 is 5.91 Å². The van der Waals surface area contributed by atoms with Crippen LogP contribution in [0.25, 0.3) is 0 Å². The highest BCUT2D eigenvalue weighted by Gasteiger charge is 2.23. The Morgan fingerprint density at radius 3 is 2.50 bits per heavy atom. The van der Waals surface area contributed by atoms with E-state index in [2.05, 4.69) is 0 Å². The number of amides is 1. The first-order valence-electron chi connectivity index (χ1n) is 6.75. The van der Waals surface area contributed by atoms with Gasteiger partial charge in [-0.3, -0.25) is 4.79 Å². The van der Waals surface area contributed by atoms with E-state index in [0.717, 1.165) is 24.0 Å². The van der Waals surface area contributed by atoms with Crippen molar-refractivity contribution in [3.8, 4) is 0 Å². The van der Waals surface area contributed by atoms with Crippen molar-refractivity contribution in [2.45, 2.75) is 44.7 Å². The summed E-state index contributed by atoms with van der Waals surface area (Å²) >= 11 is 0. The smallest absolute Gasteiger partial charge is 0.226 e. The lowest BCUT2D eigenvalue weighted by atomic mass is 10.0. The fourth-order valence-corrected chi connectivity index (χ4v) is 2.71. The number of hydrogen-bond donors (Lipinski definition) is 1. The zero-order valence-electron chi connectivity index (χ0n) is 11.1. The largest absolute Gasteiger partial charge is 0.342 e. The number of hydrogen-bond acceptors (Lipinski definition) is 2. The van der Waals surface area contributed by atoms with Crippen LogP contribution in [0.2, 0.25) is 0 Å². The summed E-state index contributed by atoms with van der Waals surface area (Å²) in [6.45, 7) is 0.497. The molecule has 0 radical (unpaired) electrons. The second kappa shape index (κ2) is 6.01. The topological polar surface area (TPSA) is 46.3 Å². The van der Waals surface area contributed by atoms with Gasteiger partial charge in [0.2, 0.25) is 5.91 Å². The van der Waals surface area contributed by atoms with E-state index in [9.17, 15) is 4.79 Å². The fraction of sp³-hybridized carbons (Fsp3) is 0.533. The van der Waals surface area contributed by atoms with E-state index in [0.29, 0.717) is 19.0 Å². The molecule has 0 atom stereocenters. The van der Waals surface area contributed by atoms with Crippen LogP contribution in [0, 0.1) is 0 Å². The van der Waals surface area contributed by atoms with Gasteiger partial charge in [-0.1, -0.05) is 37.1 Å².